The second kappa shape index (κ2) is 6.43. The predicted molar refractivity (Wildman–Crippen MR) is 71.5 cm³/mol. The number of carbonyl (C=O) groups excluding carboxylic acids is 1. The summed E-state index contributed by atoms with van der Waals surface area (Å²) in [5, 5.41) is 17.4. The van der Waals surface area contributed by atoms with E-state index >= 15 is 0 Å². The SMILES string of the molecule is O=C(NN=Cc1cccnc1)c1[nH][nH]c(=O)c1CCO. The molecule has 0 saturated heterocycles. The number of rotatable bonds is 5. The molecule has 0 aliphatic rings. The van der Waals surface area contributed by atoms with Crippen molar-refractivity contribution in [3.05, 3.63) is 51.7 Å². The van der Waals surface area contributed by atoms with Gasteiger partial charge in [0, 0.05) is 31.0 Å². The van der Waals surface area contributed by atoms with Crippen molar-refractivity contribution in [3.8, 4) is 0 Å². The first-order chi connectivity index (χ1) is 9.72. The van der Waals surface area contributed by atoms with Gasteiger partial charge >= 0.3 is 0 Å². The van der Waals surface area contributed by atoms with Gasteiger partial charge in [-0.3, -0.25) is 24.8 Å². The lowest BCUT2D eigenvalue weighted by Crippen LogP contribution is -2.21. The molecule has 0 aliphatic heterocycles. The van der Waals surface area contributed by atoms with Crippen molar-refractivity contribution in [2.24, 2.45) is 5.10 Å². The lowest BCUT2D eigenvalue weighted by molar-refractivity contribution is 0.0949. The molecule has 2 heterocycles. The molecule has 0 aliphatic carbocycles. The molecule has 0 radical (unpaired) electrons. The van der Waals surface area contributed by atoms with E-state index < -0.39 is 11.5 Å². The maximum atomic E-state index is 11.8. The number of amides is 1. The number of carbonyl (C=O) groups is 1. The van der Waals surface area contributed by atoms with Crippen LogP contribution in [0.1, 0.15) is 21.6 Å². The Morgan fingerprint density at radius 3 is 3.05 bits per heavy atom. The number of H-pyrrole nitrogens is 2. The fraction of sp³-hybridized carbons (Fsp3) is 0.167. The average Bonchev–Trinajstić information content (AvgIpc) is 2.82. The summed E-state index contributed by atoms with van der Waals surface area (Å²) in [6.45, 7) is -0.222. The fourth-order valence-electron chi connectivity index (χ4n) is 1.60. The molecule has 2 rings (SSSR count). The zero-order valence-corrected chi connectivity index (χ0v) is 10.5. The molecule has 0 saturated carbocycles. The maximum absolute atomic E-state index is 11.8. The van der Waals surface area contributed by atoms with Crippen LogP contribution in [0.25, 0.3) is 0 Å². The first-order valence-electron chi connectivity index (χ1n) is 5.86. The van der Waals surface area contributed by atoms with Crippen LogP contribution in [-0.4, -0.2) is 39.0 Å². The highest BCUT2D eigenvalue weighted by molar-refractivity contribution is 5.94. The van der Waals surface area contributed by atoms with Crippen molar-refractivity contribution in [2.75, 3.05) is 6.61 Å². The van der Waals surface area contributed by atoms with Gasteiger partial charge < -0.3 is 5.11 Å². The highest BCUT2D eigenvalue weighted by atomic mass is 16.3. The van der Waals surface area contributed by atoms with Crippen LogP contribution in [-0.2, 0) is 6.42 Å². The van der Waals surface area contributed by atoms with Gasteiger partial charge in [0.05, 0.1) is 11.8 Å². The number of aromatic nitrogens is 3. The van der Waals surface area contributed by atoms with Crippen molar-refractivity contribution in [1.82, 2.24) is 20.6 Å². The molecule has 0 aromatic carbocycles. The Kier molecular flexibility index (Phi) is 4.40. The zero-order valence-electron chi connectivity index (χ0n) is 10.5. The average molecular weight is 275 g/mol. The van der Waals surface area contributed by atoms with Crippen LogP contribution < -0.4 is 11.0 Å². The molecule has 4 N–H and O–H groups in total. The largest absolute Gasteiger partial charge is 0.396 e. The normalized spacial score (nSPS) is 10.8. The Morgan fingerprint density at radius 1 is 1.50 bits per heavy atom. The van der Waals surface area contributed by atoms with E-state index in [1.165, 1.54) is 6.21 Å². The molecule has 0 fully saturated rings. The third-order valence-electron chi connectivity index (χ3n) is 2.53. The van der Waals surface area contributed by atoms with Gasteiger partial charge in [-0.2, -0.15) is 5.10 Å². The smallest absolute Gasteiger partial charge is 0.289 e. The van der Waals surface area contributed by atoms with Crippen LogP contribution in [0.3, 0.4) is 0 Å². The van der Waals surface area contributed by atoms with Crippen LogP contribution in [0, 0.1) is 0 Å². The van der Waals surface area contributed by atoms with Gasteiger partial charge in [0.2, 0.25) is 0 Å². The van der Waals surface area contributed by atoms with E-state index in [2.05, 4.69) is 25.7 Å². The summed E-state index contributed by atoms with van der Waals surface area (Å²) in [4.78, 5) is 27.1. The zero-order chi connectivity index (χ0) is 14.4. The quantitative estimate of drug-likeness (QED) is 0.429. The third-order valence-corrected chi connectivity index (χ3v) is 2.53. The number of aliphatic hydroxyl groups is 1. The number of nitrogens with one attached hydrogen (secondary N) is 3. The van der Waals surface area contributed by atoms with Crippen LogP contribution in [0.5, 0.6) is 0 Å². The summed E-state index contributed by atoms with van der Waals surface area (Å²) in [6.07, 6.45) is 4.74. The highest BCUT2D eigenvalue weighted by Crippen LogP contribution is 2.00. The number of aromatic amines is 2. The number of hydrogen-bond acceptors (Lipinski definition) is 5. The Balaban J connectivity index is 2.06. The van der Waals surface area contributed by atoms with E-state index in [-0.39, 0.29) is 24.3 Å². The molecule has 104 valence electrons. The van der Waals surface area contributed by atoms with Crippen LogP contribution >= 0.6 is 0 Å². The molecule has 2 aromatic heterocycles. The van der Waals surface area contributed by atoms with E-state index in [0.717, 1.165) is 5.56 Å². The molecule has 1 amide bonds. The van der Waals surface area contributed by atoms with Gasteiger partial charge in [-0.25, -0.2) is 5.43 Å². The summed E-state index contributed by atoms with van der Waals surface area (Å²) < 4.78 is 0. The van der Waals surface area contributed by atoms with Gasteiger partial charge in [0.15, 0.2) is 0 Å². The molecule has 0 bridgehead atoms. The molecule has 0 spiro atoms. The summed E-state index contributed by atoms with van der Waals surface area (Å²) >= 11 is 0. The second-order valence-electron chi connectivity index (χ2n) is 3.89. The lowest BCUT2D eigenvalue weighted by atomic mass is 10.2. The van der Waals surface area contributed by atoms with Gasteiger partial charge in [-0.15, -0.1) is 0 Å². The van der Waals surface area contributed by atoms with Crippen molar-refractivity contribution in [1.29, 1.82) is 0 Å². The molecule has 8 nitrogen and oxygen atoms in total. The summed E-state index contributed by atoms with van der Waals surface area (Å²) in [6, 6.07) is 3.52. The summed E-state index contributed by atoms with van der Waals surface area (Å²) in [5.74, 6) is -0.563. The molecular weight excluding hydrogens is 262 g/mol. The molecule has 2 aromatic rings. The van der Waals surface area contributed by atoms with Gasteiger partial charge in [0.1, 0.15) is 5.69 Å². The molecule has 8 heteroatoms. The number of hydrazone groups is 1. The summed E-state index contributed by atoms with van der Waals surface area (Å²) in [5.41, 5.74) is 2.85. The Labute approximate surface area is 113 Å². The monoisotopic (exact) mass is 275 g/mol. The Bertz CT molecular complexity index is 659. The van der Waals surface area contributed by atoms with Crippen LogP contribution in [0.15, 0.2) is 34.4 Å². The number of pyridine rings is 1. The molecule has 20 heavy (non-hydrogen) atoms. The molecular formula is C12H13N5O3. The van der Waals surface area contributed by atoms with Crippen molar-refractivity contribution in [3.63, 3.8) is 0 Å². The van der Waals surface area contributed by atoms with Crippen LogP contribution in [0.2, 0.25) is 0 Å². The minimum Gasteiger partial charge on any atom is -0.396 e. The van der Waals surface area contributed by atoms with Crippen molar-refractivity contribution < 1.29 is 9.90 Å². The predicted octanol–water partition coefficient (Wildman–Crippen LogP) is -0.603. The first-order valence-corrected chi connectivity index (χ1v) is 5.86. The first kappa shape index (κ1) is 13.7. The van der Waals surface area contributed by atoms with Gasteiger partial charge in [-0.1, -0.05) is 6.07 Å². The summed E-state index contributed by atoms with van der Waals surface area (Å²) in [7, 11) is 0. The van der Waals surface area contributed by atoms with Gasteiger partial charge in [0.25, 0.3) is 11.5 Å². The number of aliphatic hydroxyl groups excluding tert-OH is 1. The topological polar surface area (TPSA) is 123 Å². The second-order valence-corrected chi connectivity index (χ2v) is 3.89. The van der Waals surface area contributed by atoms with Gasteiger partial charge in [-0.05, 0) is 6.07 Å². The highest BCUT2D eigenvalue weighted by Gasteiger charge is 2.15. The minimum absolute atomic E-state index is 0.0624. The van der Waals surface area contributed by atoms with E-state index in [4.69, 9.17) is 5.11 Å². The van der Waals surface area contributed by atoms with Crippen molar-refractivity contribution >= 4 is 12.1 Å². The number of nitrogens with zero attached hydrogens (tertiary/aromatic N) is 2. The standard InChI is InChI=1S/C12H13N5O3/c18-5-3-9-10(15-17-11(9)19)12(20)16-14-7-8-2-1-4-13-6-8/h1-2,4,6-7,18H,3,5H2,(H,16,20)(H2,15,17,19). The van der Waals surface area contributed by atoms with E-state index in [9.17, 15) is 9.59 Å². The molecule has 0 unspecified atom stereocenters. The maximum Gasteiger partial charge on any atom is 0.289 e. The van der Waals surface area contributed by atoms with Crippen LogP contribution in [0.4, 0.5) is 0 Å². The third kappa shape index (κ3) is 3.18. The molecule has 0 atom stereocenters. The lowest BCUT2D eigenvalue weighted by Gasteiger charge is -1.99. The fourth-order valence-corrected chi connectivity index (χ4v) is 1.60. The Morgan fingerprint density at radius 2 is 2.35 bits per heavy atom. The van der Waals surface area contributed by atoms with Crippen molar-refractivity contribution in [2.45, 2.75) is 6.42 Å². The number of hydrogen-bond donors (Lipinski definition) is 4. The van der Waals surface area contributed by atoms with E-state index in [0.29, 0.717) is 0 Å². The van der Waals surface area contributed by atoms with E-state index in [1.807, 2.05) is 0 Å². The Hall–Kier alpha value is -2.74. The van der Waals surface area contributed by atoms with E-state index in [1.54, 1.807) is 24.5 Å². The minimum atomic E-state index is -0.563.